The lowest BCUT2D eigenvalue weighted by molar-refractivity contribution is -0.222. The number of hydrogen-bond acceptors (Lipinski definition) is 1. The van der Waals surface area contributed by atoms with Gasteiger partial charge in [-0.15, -0.1) is 0 Å². The van der Waals surface area contributed by atoms with E-state index in [0.717, 1.165) is 29.9 Å². The van der Waals surface area contributed by atoms with Gasteiger partial charge >= 0.3 is 6.11 Å². The van der Waals surface area contributed by atoms with Crippen LogP contribution in [0.25, 0.3) is 11.1 Å². The second kappa shape index (κ2) is 10.1. The van der Waals surface area contributed by atoms with Crippen LogP contribution in [0.2, 0.25) is 0 Å². The third kappa shape index (κ3) is 5.96. The summed E-state index contributed by atoms with van der Waals surface area (Å²) in [6, 6.07) is 12.7. The molecule has 0 saturated heterocycles. The van der Waals surface area contributed by atoms with Crippen LogP contribution in [-0.4, -0.2) is 6.11 Å². The largest absolute Gasteiger partial charge is 0.432 e. The van der Waals surface area contributed by atoms with E-state index in [1.807, 2.05) is 0 Å². The second-order valence-corrected chi connectivity index (χ2v) is 9.71. The molecule has 4 rings (SSSR count). The van der Waals surface area contributed by atoms with Crippen molar-refractivity contribution in [3.8, 4) is 16.9 Å². The minimum Gasteiger partial charge on any atom is -0.432 e. The van der Waals surface area contributed by atoms with Gasteiger partial charge in [0.2, 0.25) is 0 Å². The number of hydrogen-bond donors (Lipinski definition) is 0. The summed E-state index contributed by atoms with van der Waals surface area (Å²) in [4.78, 5) is 0. The van der Waals surface area contributed by atoms with E-state index in [1.54, 1.807) is 36.4 Å². The summed E-state index contributed by atoms with van der Waals surface area (Å²) >= 11 is 0. The van der Waals surface area contributed by atoms with Crippen molar-refractivity contribution in [2.24, 2.45) is 23.7 Å². The molecule has 172 valence electrons. The molecule has 0 unspecified atom stereocenters. The number of alkyl halides is 2. The van der Waals surface area contributed by atoms with Gasteiger partial charge in [-0.05, 0) is 91.7 Å². The van der Waals surface area contributed by atoms with E-state index >= 15 is 0 Å². The monoisotopic (exact) mass is 442 g/mol. The third-order valence-corrected chi connectivity index (χ3v) is 7.25. The first-order valence-electron chi connectivity index (χ1n) is 12.0. The summed E-state index contributed by atoms with van der Waals surface area (Å²) in [6.45, 7) is 2.32. The SMILES string of the molecule is CC1CCC(/C=C/C2CCC(C(F)(F)Oc3ccc(-c4ccc(F)cc4)cc3)CC2)CC1. The van der Waals surface area contributed by atoms with Crippen LogP contribution in [0.5, 0.6) is 5.75 Å². The maximum Gasteiger partial charge on any atom is 0.400 e. The van der Waals surface area contributed by atoms with E-state index < -0.39 is 12.0 Å². The van der Waals surface area contributed by atoms with Crippen molar-refractivity contribution in [2.75, 3.05) is 0 Å². The minimum atomic E-state index is -3.18. The summed E-state index contributed by atoms with van der Waals surface area (Å²) in [5.41, 5.74) is 1.67. The molecular formula is C28H33F3O. The van der Waals surface area contributed by atoms with E-state index in [4.69, 9.17) is 4.74 Å². The van der Waals surface area contributed by atoms with Crippen molar-refractivity contribution in [3.05, 3.63) is 66.5 Å². The summed E-state index contributed by atoms with van der Waals surface area (Å²) in [5, 5.41) is 0. The zero-order valence-electron chi connectivity index (χ0n) is 18.8. The Morgan fingerprint density at radius 3 is 1.72 bits per heavy atom. The van der Waals surface area contributed by atoms with Crippen LogP contribution in [-0.2, 0) is 0 Å². The number of halogens is 3. The van der Waals surface area contributed by atoms with Crippen LogP contribution in [0.15, 0.2) is 60.7 Å². The maximum atomic E-state index is 14.8. The van der Waals surface area contributed by atoms with Gasteiger partial charge in [-0.3, -0.25) is 0 Å². The number of benzene rings is 2. The van der Waals surface area contributed by atoms with E-state index in [9.17, 15) is 13.2 Å². The average Bonchev–Trinajstić information content (AvgIpc) is 2.80. The Kier molecular flexibility index (Phi) is 7.27. The smallest absolute Gasteiger partial charge is 0.400 e. The Bertz CT molecular complexity index is 872. The Balaban J connectivity index is 1.28. The predicted octanol–water partition coefficient (Wildman–Crippen LogP) is 8.65. The number of ether oxygens (including phenoxy) is 1. The molecule has 4 heteroatoms. The molecule has 2 aliphatic rings. The Labute approximate surface area is 189 Å². The molecule has 2 aromatic rings. The van der Waals surface area contributed by atoms with Gasteiger partial charge in [-0.25, -0.2) is 4.39 Å². The van der Waals surface area contributed by atoms with E-state index in [2.05, 4.69) is 19.1 Å². The lowest BCUT2D eigenvalue weighted by Crippen LogP contribution is -2.37. The number of rotatable bonds is 6. The molecule has 0 N–H and O–H groups in total. The summed E-state index contributed by atoms with van der Waals surface area (Å²) in [6.07, 6.45) is 9.17. The van der Waals surface area contributed by atoms with Crippen LogP contribution in [0, 0.1) is 29.5 Å². The summed E-state index contributed by atoms with van der Waals surface area (Å²) in [7, 11) is 0. The lowest BCUT2D eigenvalue weighted by atomic mass is 9.79. The standard InChI is InChI=1S/C28H33F3O/c1-20-2-4-21(5-3-20)6-7-22-8-14-25(15-9-22)28(30,31)32-27-18-12-24(13-19-27)23-10-16-26(29)17-11-23/h6-7,10-13,16-22,25H,2-5,8-9,14-15H2,1H3/b7-6+. The topological polar surface area (TPSA) is 9.23 Å². The van der Waals surface area contributed by atoms with Gasteiger partial charge in [0, 0.05) is 0 Å². The van der Waals surface area contributed by atoms with Gasteiger partial charge in [-0.2, -0.15) is 8.78 Å². The molecule has 0 heterocycles. The fourth-order valence-electron chi connectivity index (χ4n) is 5.04. The third-order valence-electron chi connectivity index (χ3n) is 7.25. The molecule has 1 nitrogen and oxygen atoms in total. The molecule has 2 aliphatic carbocycles. The van der Waals surface area contributed by atoms with Crippen LogP contribution in [0.4, 0.5) is 13.2 Å². The van der Waals surface area contributed by atoms with Gasteiger partial charge in [0.1, 0.15) is 11.6 Å². The fourth-order valence-corrected chi connectivity index (χ4v) is 5.04. The first kappa shape index (κ1) is 22.9. The van der Waals surface area contributed by atoms with Gasteiger partial charge in [0.05, 0.1) is 5.92 Å². The first-order valence-corrected chi connectivity index (χ1v) is 12.0. The van der Waals surface area contributed by atoms with Gasteiger partial charge < -0.3 is 4.74 Å². The molecule has 2 aromatic carbocycles. The molecule has 2 fully saturated rings. The first-order chi connectivity index (χ1) is 15.4. The molecule has 0 aromatic heterocycles. The molecule has 32 heavy (non-hydrogen) atoms. The minimum absolute atomic E-state index is 0.161. The van der Waals surface area contributed by atoms with Crippen molar-refractivity contribution in [3.63, 3.8) is 0 Å². The lowest BCUT2D eigenvalue weighted by Gasteiger charge is -2.32. The fraction of sp³-hybridized carbons (Fsp3) is 0.500. The van der Waals surface area contributed by atoms with Gasteiger partial charge in [0.15, 0.2) is 0 Å². The maximum absolute atomic E-state index is 14.8. The average molecular weight is 443 g/mol. The molecule has 2 saturated carbocycles. The van der Waals surface area contributed by atoms with Crippen LogP contribution < -0.4 is 4.74 Å². The van der Waals surface area contributed by atoms with Crippen molar-refractivity contribution in [1.29, 1.82) is 0 Å². The van der Waals surface area contributed by atoms with E-state index in [1.165, 1.54) is 37.8 Å². The summed E-state index contributed by atoms with van der Waals surface area (Å²) < 4.78 is 47.9. The zero-order valence-corrected chi connectivity index (χ0v) is 18.8. The Morgan fingerprint density at radius 1 is 0.719 bits per heavy atom. The molecule has 0 bridgehead atoms. The van der Waals surface area contributed by atoms with Crippen molar-refractivity contribution in [2.45, 2.75) is 64.4 Å². The highest BCUT2D eigenvalue weighted by atomic mass is 19.3. The van der Waals surface area contributed by atoms with Gasteiger partial charge in [-0.1, -0.05) is 56.2 Å². The second-order valence-electron chi connectivity index (χ2n) is 9.71. The van der Waals surface area contributed by atoms with Crippen molar-refractivity contribution < 1.29 is 17.9 Å². The molecular weight excluding hydrogens is 409 g/mol. The zero-order chi connectivity index (χ0) is 22.6. The highest BCUT2D eigenvalue weighted by molar-refractivity contribution is 5.64. The summed E-state index contributed by atoms with van der Waals surface area (Å²) in [5.74, 6) is 1.04. The van der Waals surface area contributed by atoms with E-state index in [-0.39, 0.29) is 11.6 Å². The van der Waals surface area contributed by atoms with E-state index in [0.29, 0.717) is 24.7 Å². The number of allylic oxidation sites excluding steroid dienone is 2. The highest BCUT2D eigenvalue weighted by Gasteiger charge is 2.43. The normalized spacial score (nSPS) is 26.9. The van der Waals surface area contributed by atoms with Crippen LogP contribution in [0.1, 0.15) is 58.3 Å². The molecule has 0 amide bonds. The highest BCUT2D eigenvalue weighted by Crippen LogP contribution is 2.41. The van der Waals surface area contributed by atoms with Crippen molar-refractivity contribution in [1.82, 2.24) is 0 Å². The molecule has 0 radical (unpaired) electrons. The Hall–Kier alpha value is -2.23. The van der Waals surface area contributed by atoms with Crippen LogP contribution in [0.3, 0.4) is 0 Å². The van der Waals surface area contributed by atoms with Gasteiger partial charge in [0.25, 0.3) is 0 Å². The molecule has 0 spiro atoms. The predicted molar refractivity (Wildman–Crippen MR) is 123 cm³/mol. The van der Waals surface area contributed by atoms with Crippen LogP contribution >= 0.6 is 0 Å². The molecule has 0 atom stereocenters. The molecule has 0 aliphatic heterocycles. The Morgan fingerprint density at radius 2 is 1.19 bits per heavy atom. The van der Waals surface area contributed by atoms with Crippen molar-refractivity contribution >= 4 is 0 Å². The quantitative estimate of drug-likeness (QED) is 0.407.